The van der Waals surface area contributed by atoms with Crippen molar-refractivity contribution in [3.8, 4) is 0 Å². The Morgan fingerprint density at radius 3 is 2.84 bits per heavy atom. The highest BCUT2D eigenvalue weighted by Gasteiger charge is 2.24. The van der Waals surface area contributed by atoms with Gasteiger partial charge in [0.15, 0.2) is 0 Å². The molecule has 2 N–H and O–H groups in total. The summed E-state index contributed by atoms with van der Waals surface area (Å²) >= 11 is 0. The molecule has 5 nitrogen and oxygen atoms in total. The number of ether oxygens (including phenoxy) is 1. The highest BCUT2D eigenvalue weighted by molar-refractivity contribution is 7.92. The first-order valence-corrected chi connectivity index (χ1v) is 8.02. The zero-order valence-corrected chi connectivity index (χ0v) is 11.7. The van der Waals surface area contributed by atoms with Gasteiger partial charge >= 0.3 is 0 Å². The number of anilines is 1. The van der Waals surface area contributed by atoms with E-state index in [1.807, 2.05) is 0 Å². The van der Waals surface area contributed by atoms with E-state index in [1.54, 1.807) is 31.2 Å². The van der Waals surface area contributed by atoms with Crippen molar-refractivity contribution in [2.24, 2.45) is 0 Å². The second-order valence-corrected chi connectivity index (χ2v) is 6.55. The van der Waals surface area contributed by atoms with Gasteiger partial charge in [0.1, 0.15) is 0 Å². The molecule has 2 rings (SSSR count). The molecule has 1 fully saturated rings. The zero-order valence-electron chi connectivity index (χ0n) is 10.9. The Bertz CT molecular complexity index is 521. The second kappa shape index (κ2) is 5.90. The third-order valence-corrected chi connectivity index (χ3v) is 4.45. The molecule has 6 heteroatoms. The lowest BCUT2D eigenvalue weighted by Crippen LogP contribution is -2.26. The van der Waals surface area contributed by atoms with Crippen molar-refractivity contribution in [3.63, 3.8) is 0 Å². The summed E-state index contributed by atoms with van der Waals surface area (Å²) in [4.78, 5) is 0. The molecule has 1 heterocycles. The molecule has 1 aromatic rings. The molecule has 0 bridgehead atoms. The molecular weight excluding hydrogens is 266 g/mol. The summed E-state index contributed by atoms with van der Waals surface area (Å²) < 4.78 is 32.0. The Balaban J connectivity index is 2.11. The summed E-state index contributed by atoms with van der Waals surface area (Å²) in [6.07, 6.45) is 0.737. The number of aliphatic hydroxyl groups excluding tert-OH is 1. The molecule has 1 aliphatic rings. The summed E-state index contributed by atoms with van der Waals surface area (Å²) in [5.41, 5.74) is 0.994. The first kappa shape index (κ1) is 14.3. The van der Waals surface area contributed by atoms with Crippen LogP contribution in [0.25, 0.3) is 0 Å². The van der Waals surface area contributed by atoms with Gasteiger partial charge in [0.05, 0.1) is 23.6 Å². The van der Waals surface area contributed by atoms with Crippen LogP contribution in [0.1, 0.15) is 31.4 Å². The molecule has 19 heavy (non-hydrogen) atoms. The van der Waals surface area contributed by atoms with Gasteiger partial charge in [0, 0.05) is 12.2 Å². The average molecular weight is 285 g/mol. The van der Waals surface area contributed by atoms with E-state index in [-0.39, 0.29) is 11.9 Å². The normalized spacial score (nSPS) is 21.3. The van der Waals surface area contributed by atoms with Crippen molar-refractivity contribution in [2.45, 2.75) is 32.0 Å². The zero-order chi connectivity index (χ0) is 13.9. The van der Waals surface area contributed by atoms with Gasteiger partial charge in [-0.1, -0.05) is 18.2 Å². The Labute approximate surface area is 113 Å². The summed E-state index contributed by atoms with van der Waals surface area (Å²) in [6, 6.07) is 6.85. The fourth-order valence-electron chi connectivity index (χ4n) is 2.18. The Morgan fingerprint density at radius 2 is 2.21 bits per heavy atom. The fourth-order valence-corrected chi connectivity index (χ4v) is 3.54. The van der Waals surface area contributed by atoms with E-state index in [0.29, 0.717) is 17.9 Å². The molecule has 0 saturated carbocycles. The number of hydrogen-bond acceptors (Lipinski definition) is 4. The largest absolute Gasteiger partial charge is 0.389 e. The minimum Gasteiger partial charge on any atom is -0.389 e. The predicted molar refractivity (Wildman–Crippen MR) is 73.5 cm³/mol. The highest BCUT2D eigenvalue weighted by atomic mass is 32.2. The maximum atomic E-state index is 12.1. The van der Waals surface area contributed by atoms with Crippen molar-refractivity contribution < 1.29 is 18.3 Å². The molecule has 2 atom stereocenters. The Morgan fingerprint density at radius 1 is 1.47 bits per heavy atom. The van der Waals surface area contributed by atoms with Gasteiger partial charge in [-0.2, -0.15) is 0 Å². The van der Waals surface area contributed by atoms with E-state index in [1.165, 1.54) is 0 Å². The number of rotatable bonds is 5. The second-order valence-electron chi connectivity index (χ2n) is 4.78. The lowest BCUT2D eigenvalue weighted by Gasteiger charge is -2.16. The Hall–Kier alpha value is -1.11. The van der Waals surface area contributed by atoms with Crippen molar-refractivity contribution in [1.82, 2.24) is 0 Å². The third-order valence-electron chi connectivity index (χ3n) is 3.11. The van der Waals surface area contributed by atoms with Crippen LogP contribution >= 0.6 is 0 Å². The van der Waals surface area contributed by atoms with Crippen LogP contribution in [0, 0.1) is 0 Å². The van der Waals surface area contributed by atoms with E-state index < -0.39 is 16.1 Å². The molecule has 1 aliphatic heterocycles. The van der Waals surface area contributed by atoms with E-state index in [0.717, 1.165) is 12.8 Å². The summed E-state index contributed by atoms with van der Waals surface area (Å²) in [7, 11) is -3.46. The third kappa shape index (κ3) is 3.92. The van der Waals surface area contributed by atoms with Crippen molar-refractivity contribution in [3.05, 3.63) is 29.8 Å². The van der Waals surface area contributed by atoms with Gasteiger partial charge in [0.2, 0.25) is 10.0 Å². The lowest BCUT2D eigenvalue weighted by atomic mass is 10.1. The standard InChI is InChI=1S/C13H19NO4S/c1-10(15)12-6-2-3-7-13(12)14-19(16,17)9-11-5-4-8-18-11/h2-3,6-7,10-11,14-15H,4-5,8-9H2,1H3. The summed E-state index contributed by atoms with van der Waals surface area (Å²) in [5, 5.41) is 9.63. The highest BCUT2D eigenvalue weighted by Crippen LogP contribution is 2.24. The molecule has 0 amide bonds. The molecule has 0 spiro atoms. The fraction of sp³-hybridized carbons (Fsp3) is 0.538. The van der Waals surface area contributed by atoms with Crippen molar-refractivity contribution in [2.75, 3.05) is 17.1 Å². The topological polar surface area (TPSA) is 75.6 Å². The number of sulfonamides is 1. The van der Waals surface area contributed by atoms with Gasteiger partial charge in [-0.3, -0.25) is 4.72 Å². The molecule has 0 aromatic heterocycles. The summed E-state index contributed by atoms with van der Waals surface area (Å²) in [5.74, 6) is -0.0405. The monoisotopic (exact) mass is 285 g/mol. The number of nitrogens with one attached hydrogen (secondary N) is 1. The van der Waals surface area contributed by atoms with Crippen molar-refractivity contribution >= 4 is 15.7 Å². The van der Waals surface area contributed by atoms with E-state index in [4.69, 9.17) is 4.74 Å². The van der Waals surface area contributed by atoms with Crippen LogP contribution in [0.15, 0.2) is 24.3 Å². The van der Waals surface area contributed by atoms with Gasteiger partial charge in [-0.05, 0) is 25.8 Å². The molecule has 106 valence electrons. The predicted octanol–water partition coefficient (Wildman–Crippen LogP) is 1.66. The molecule has 0 aliphatic carbocycles. The molecule has 0 radical (unpaired) electrons. The first-order chi connectivity index (χ1) is 8.98. The number of para-hydroxylation sites is 1. The minimum absolute atomic E-state index is 0.0405. The van der Waals surface area contributed by atoms with Crippen LogP contribution in [0.3, 0.4) is 0 Å². The number of hydrogen-bond donors (Lipinski definition) is 2. The smallest absolute Gasteiger partial charge is 0.235 e. The number of benzene rings is 1. The van der Waals surface area contributed by atoms with Crippen LogP contribution in [0.5, 0.6) is 0 Å². The van der Waals surface area contributed by atoms with Gasteiger partial charge < -0.3 is 9.84 Å². The summed E-state index contributed by atoms with van der Waals surface area (Å²) in [6.45, 7) is 2.23. The van der Waals surface area contributed by atoms with E-state index in [2.05, 4.69) is 4.72 Å². The maximum absolute atomic E-state index is 12.1. The molecular formula is C13H19NO4S. The van der Waals surface area contributed by atoms with Gasteiger partial charge in [-0.25, -0.2) is 8.42 Å². The number of aliphatic hydroxyl groups is 1. The maximum Gasteiger partial charge on any atom is 0.235 e. The minimum atomic E-state index is -3.46. The van der Waals surface area contributed by atoms with E-state index >= 15 is 0 Å². The van der Waals surface area contributed by atoms with Crippen molar-refractivity contribution in [1.29, 1.82) is 0 Å². The van der Waals surface area contributed by atoms with Gasteiger partial charge in [0.25, 0.3) is 0 Å². The molecule has 2 unspecified atom stereocenters. The van der Waals surface area contributed by atoms with Gasteiger partial charge in [-0.15, -0.1) is 0 Å². The quantitative estimate of drug-likeness (QED) is 0.862. The van der Waals surface area contributed by atoms with Crippen LogP contribution in [-0.2, 0) is 14.8 Å². The lowest BCUT2D eigenvalue weighted by molar-refractivity contribution is 0.127. The SMILES string of the molecule is CC(O)c1ccccc1NS(=O)(=O)CC1CCCO1. The molecule has 1 aromatic carbocycles. The van der Waals surface area contributed by atoms with Crippen LogP contribution < -0.4 is 4.72 Å². The molecule has 1 saturated heterocycles. The van der Waals surface area contributed by atoms with Crippen LogP contribution in [-0.4, -0.2) is 32.0 Å². The van der Waals surface area contributed by atoms with E-state index in [9.17, 15) is 13.5 Å². The van der Waals surface area contributed by atoms with Crippen LogP contribution in [0.2, 0.25) is 0 Å². The van der Waals surface area contributed by atoms with Crippen LogP contribution in [0.4, 0.5) is 5.69 Å². The first-order valence-electron chi connectivity index (χ1n) is 6.37. The Kier molecular flexibility index (Phi) is 4.44. The average Bonchev–Trinajstić information content (AvgIpc) is 2.80.